The van der Waals surface area contributed by atoms with Crippen molar-refractivity contribution in [2.75, 3.05) is 11.1 Å². The summed E-state index contributed by atoms with van der Waals surface area (Å²) < 4.78 is 5.25. The molecule has 1 amide bonds. The number of halogens is 1. The highest BCUT2D eigenvalue weighted by Gasteiger charge is 2.19. The van der Waals surface area contributed by atoms with Gasteiger partial charge in [-0.05, 0) is 50.6 Å². The standard InChI is InChI=1S/C19H21ClN2O3/c1-19(2,3)25-18(24)22-16-11-13(21)9-8-12(16)10-17(23)14-6-4-5-7-15(14)20/h4-9,11H,10,21H2,1-3H3,(H,22,24). The summed E-state index contributed by atoms with van der Waals surface area (Å²) in [5.74, 6) is -0.150. The van der Waals surface area contributed by atoms with Gasteiger partial charge in [0, 0.05) is 23.4 Å². The first-order chi connectivity index (χ1) is 11.7. The number of hydrogen-bond acceptors (Lipinski definition) is 4. The number of anilines is 2. The molecular formula is C19H21ClN2O3. The van der Waals surface area contributed by atoms with Crippen molar-refractivity contribution in [2.45, 2.75) is 32.8 Å². The Hall–Kier alpha value is -2.53. The summed E-state index contributed by atoms with van der Waals surface area (Å²) in [6.07, 6.45) is -0.528. The van der Waals surface area contributed by atoms with Gasteiger partial charge in [0.15, 0.2) is 5.78 Å². The minimum absolute atomic E-state index is 0.0785. The Bertz CT molecular complexity index is 797. The molecule has 0 atom stereocenters. The highest BCUT2D eigenvalue weighted by Crippen LogP contribution is 2.24. The lowest BCUT2D eigenvalue weighted by Gasteiger charge is -2.20. The van der Waals surface area contributed by atoms with Gasteiger partial charge in [-0.2, -0.15) is 0 Å². The number of nitrogens with one attached hydrogen (secondary N) is 1. The number of rotatable bonds is 4. The quantitative estimate of drug-likeness (QED) is 0.612. The van der Waals surface area contributed by atoms with E-state index in [0.717, 1.165) is 0 Å². The average Bonchev–Trinajstić information content (AvgIpc) is 2.48. The Labute approximate surface area is 152 Å². The van der Waals surface area contributed by atoms with Gasteiger partial charge in [0.25, 0.3) is 0 Å². The predicted molar refractivity (Wildman–Crippen MR) is 100 cm³/mol. The van der Waals surface area contributed by atoms with Crippen LogP contribution in [0, 0.1) is 0 Å². The molecular weight excluding hydrogens is 340 g/mol. The summed E-state index contributed by atoms with van der Waals surface area (Å²) in [5.41, 5.74) is 7.15. The molecule has 0 saturated carbocycles. The van der Waals surface area contributed by atoms with Crippen molar-refractivity contribution in [1.29, 1.82) is 0 Å². The van der Waals surface area contributed by atoms with Gasteiger partial charge < -0.3 is 10.5 Å². The third kappa shape index (κ3) is 5.50. The van der Waals surface area contributed by atoms with Crippen LogP contribution in [0.25, 0.3) is 0 Å². The summed E-state index contributed by atoms with van der Waals surface area (Å²) in [4.78, 5) is 24.5. The fourth-order valence-electron chi connectivity index (χ4n) is 2.23. The molecule has 2 rings (SSSR count). The van der Waals surface area contributed by atoms with Crippen LogP contribution < -0.4 is 11.1 Å². The maximum atomic E-state index is 12.5. The summed E-state index contributed by atoms with van der Waals surface area (Å²) in [5, 5.41) is 3.05. The molecule has 132 valence electrons. The number of ketones is 1. The van der Waals surface area contributed by atoms with Gasteiger partial charge in [-0.3, -0.25) is 10.1 Å². The summed E-state index contributed by atoms with van der Waals surface area (Å²) in [7, 11) is 0. The van der Waals surface area contributed by atoms with E-state index in [1.165, 1.54) is 0 Å². The van der Waals surface area contributed by atoms with Crippen LogP contribution in [0.2, 0.25) is 5.02 Å². The number of carbonyl (C=O) groups is 2. The maximum Gasteiger partial charge on any atom is 0.412 e. The third-order valence-corrected chi connectivity index (χ3v) is 3.62. The highest BCUT2D eigenvalue weighted by molar-refractivity contribution is 6.34. The van der Waals surface area contributed by atoms with Crippen molar-refractivity contribution in [1.82, 2.24) is 0 Å². The molecule has 3 N–H and O–H groups in total. The molecule has 0 aromatic heterocycles. The van der Waals surface area contributed by atoms with Gasteiger partial charge in [-0.1, -0.05) is 29.8 Å². The number of carbonyl (C=O) groups excluding carboxylic acids is 2. The fraction of sp³-hybridized carbons (Fsp3) is 0.263. The van der Waals surface area contributed by atoms with Crippen molar-refractivity contribution in [3.05, 3.63) is 58.6 Å². The largest absolute Gasteiger partial charge is 0.444 e. The van der Waals surface area contributed by atoms with E-state index < -0.39 is 11.7 Å². The highest BCUT2D eigenvalue weighted by atomic mass is 35.5. The second-order valence-corrected chi connectivity index (χ2v) is 7.03. The molecule has 0 bridgehead atoms. The van der Waals surface area contributed by atoms with Crippen molar-refractivity contribution < 1.29 is 14.3 Å². The molecule has 0 unspecified atom stereocenters. The van der Waals surface area contributed by atoms with Gasteiger partial charge >= 0.3 is 6.09 Å². The van der Waals surface area contributed by atoms with Crippen molar-refractivity contribution in [3.63, 3.8) is 0 Å². The molecule has 0 aliphatic rings. The van der Waals surface area contributed by atoms with E-state index >= 15 is 0 Å². The zero-order valence-corrected chi connectivity index (χ0v) is 15.2. The van der Waals surface area contributed by atoms with Crippen LogP contribution in [0.1, 0.15) is 36.7 Å². The topological polar surface area (TPSA) is 81.4 Å². The lowest BCUT2D eigenvalue weighted by atomic mass is 10.0. The van der Waals surface area contributed by atoms with Gasteiger partial charge in [-0.25, -0.2) is 4.79 Å². The van der Waals surface area contributed by atoms with Crippen molar-refractivity contribution >= 4 is 34.9 Å². The smallest absolute Gasteiger partial charge is 0.412 e. The van der Waals surface area contributed by atoms with Crippen LogP contribution in [0.15, 0.2) is 42.5 Å². The van der Waals surface area contributed by atoms with Crippen LogP contribution in [0.3, 0.4) is 0 Å². The SMILES string of the molecule is CC(C)(C)OC(=O)Nc1cc(N)ccc1CC(=O)c1ccccc1Cl. The van der Waals surface area contributed by atoms with Gasteiger partial charge in [0.05, 0.1) is 5.02 Å². The molecule has 2 aromatic rings. The van der Waals surface area contributed by atoms with Crippen molar-refractivity contribution in [2.24, 2.45) is 0 Å². The van der Waals surface area contributed by atoms with Crippen LogP contribution in [0.5, 0.6) is 0 Å². The van der Waals surface area contributed by atoms with Crippen LogP contribution in [0.4, 0.5) is 16.2 Å². The normalized spacial score (nSPS) is 11.0. The zero-order valence-electron chi connectivity index (χ0n) is 14.4. The number of ether oxygens (including phenoxy) is 1. The van der Waals surface area contributed by atoms with E-state index in [-0.39, 0.29) is 12.2 Å². The van der Waals surface area contributed by atoms with Crippen LogP contribution in [-0.4, -0.2) is 17.5 Å². The second kappa shape index (κ2) is 7.57. The van der Waals surface area contributed by atoms with Gasteiger partial charge in [-0.15, -0.1) is 0 Å². The lowest BCUT2D eigenvalue weighted by molar-refractivity contribution is 0.0635. The molecule has 6 heteroatoms. The molecule has 0 fully saturated rings. The van der Waals surface area contributed by atoms with E-state index in [0.29, 0.717) is 27.5 Å². The molecule has 25 heavy (non-hydrogen) atoms. The number of hydrogen-bond donors (Lipinski definition) is 2. The van der Waals surface area contributed by atoms with E-state index in [9.17, 15) is 9.59 Å². The first-order valence-corrected chi connectivity index (χ1v) is 8.19. The lowest BCUT2D eigenvalue weighted by Crippen LogP contribution is -2.27. The molecule has 2 aromatic carbocycles. The Balaban J connectivity index is 2.22. The first kappa shape index (κ1) is 18.8. The molecule has 0 heterocycles. The Kier molecular flexibility index (Phi) is 5.69. The number of nitrogens with two attached hydrogens (primary N) is 1. The molecule has 5 nitrogen and oxygen atoms in total. The van der Waals surface area contributed by atoms with Crippen LogP contribution >= 0.6 is 11.6 Å². The monoisotopic (exact) mass is 360 g/mol. The van der Waals surface area contributed by atoms with Gasteiger partial charge in [0.1, 0.15) is 5.60 Å². The summed E-state index contributed by atoms with van der Waals surface area (Å²) in [6, 6.07) is 11.8. The molecule has 0 saturated heterocycles. The van der Waals surface area contributed by atoms with E-state index in [1.54, 1.807) is 63.2 Å². The summed E-state index contributed by atoms with van der Waals surface area (Å²) >= 11 is 6.08. The fourth-order valence-corrected chi connectivity index (χ4v) is 2.47. The maximum absolute atomic E-state index is 12.5. The predicted octanol–water partition coefficient (Wildman–Crippen LogP) is 4.69. The minimum atomic E-state index is -0.627. The number of Topliss-reactive ketones (excluding diaryl/α,β-unsaturated/α-hetero) is 1. The Morgan fingerprint density at radius 3 is 2.48 bits per heavy atom. The third-order valence-electron chi connectivity index (χ3n) is 3.29. The zero-order chi connectivity index (χ0) is 18.6. The van der Waals surface area contributed by atoms with Crippen molar-refractivity contribution in [3.8, 4) is 0 Å². The average molecular weight is 361 g/mol. The van der Waals surface area contributed by atoms with E-state index in [4.69, 9.17) is 22.1 Å². The second-order valence-electron chi connectivity index (χ2n) is 6.62. The number of amides is 1. The van der Waals surface area contributed by atoms with E-state index in [2.05, 4.69) is 5.32 Å². The number of benzene rings is 2. The first-order valence-electron chi connectivity index (χ1n) is 7.82. The van der Waals surface area contributed by atoms with Gasteiger partial charge in [0.2, 0.25) is 0 Å². The Morgan fingerprint density at radius 2 is 1.84 bits per heavy atom. The molecule has 0 aliphatic heterocycles. The molecule has 0 radical (unpaired) electrons. The molecule has 0 spiro atoms. The van der Waals surface area contributed by atoms with Crippen LogP contribution in [-0.2, 0) is 11.2 Å². The molecule has 0 aliphatic carbocycles. The minimum Gasteiger partial charge on any atom is -0.444 e. The Morgan fingerprint density at radius 1 is 1.16 bits per heavy atom. The number of nitrogen functional groups attached to an aromatic ring is 1. The van der Waals surface area contributed by atoms with E-state index in [1.807, 2.05) is 0 Å². The summed E-state index contributed by atoms with van der Waals surface area (Å²) in [6.45, 7) is 5.31.